The molecule has 1 aliphatic rings. The number of allylic oxidation sites excluding steroid dienone is 2. The van der Waals surface area contributed by atoms with Gasteiger partial charge in [-0.05, 0) is 39.3 Å². The number of anilines is 1. The van der Waals surface area contributed by atoms with Crippen molar-refractivity contribution in [3.8, 4) is 12.3 Å². The molecule has 0 bridgehead atoms. The number of aryl methyl sites for hydroxylation is 2. The second-order valence-corrected chi connectivity index (χ2v) is 4.86. The molecule has 19 heavy (non-hydrogen) atoms. The van der Waals surface area contributed by atoms with Gasteiger partial charge < -0.3 is 0 Å². The van der Waals surface area contributed by atoms with Crippen LogP contribution in [0.3, 0.4) is 0 Å². The highest BCUT2D eigenvalue weighted by molar-refractivity contribution is 6.02. The molecule has 2 rings (SSSR count). The highest BCUT2D eigenvalue weighted by Gasteiger charge is 2.22. The first-order valence-electron chi connectivity index (χ1n) is 6.25. The summed E-state index contributed by atoms with van der Waals surface area (Å²) in [7, 11) is 0. The maximum absolute atomic E-state index is 5.68. The molecular weight excluding hydrogens is 232 g/mol. The topological polar surface area (TPSA) is 15.6 Å². The molecule has 0 unspecified atom stereocenters. The quantitative estimate of drug-likeness (QED) is 0.689. The zero-order valence-corrected chi connectivity index (χ0v) is 11.9. The number of rotatable bonds is 1. The average molecular weight is 250 g/mol. The van der Waals surface area contributed by atoms with Crippen LogP contribution in [0.2, 0.25) is 0 Å². The maximum atomic E-state index is 5.68. The van der Waals surface area contributed by atoms with Gasteiger partial charge in [-0.15, -0.1) is 6.42 Å². The van der Waals surface area contributed by atoms with Crippen LogP contribution in [-0.2, 0) is 0 Å². The lowest BCUT2D eigenvalue weighted by molar-refractivity contribution is 1.04. The number of nitrogens with zero attached hydrogens (tertiary/aromatic N) is 2. The van der Waals surface area contributed by atoms with Gasteiger partial charge in [0.2, 0.25) is 0 Å². The Bertz CT molecular complexity index is 654. The molecule has 0 atom stereocenters. The van der Waals surface area contributed by atoms with Crippen LogP contribution in [0.25, 0.3) is 0 Å². The summed E-state index contributed by atoms with van der Waals surface area (Å²) in [6.07, 6.45) is 5.68. The molecule has 0 saturated heterocycles. The Kier molecular flexibility index (Phi) is 3.31. The molecule has 0 aliphatic carbocycles. The van der Waals surface area contributed by atoms with Gasteiger partial charge in [0.15, 0.2) is 0 Å². The van der Waals surface area contributed by atoms with Gasteiger partial charge in [0, 0.05) is 11.3 Å². The average Bonchev–Trinajstić information content (AvgIpc) is 2.34. The predicted octanol–water partition coefficient (Wildman–Crippen LogP) is 3.96. The van der Waals surface area contributed by atoms with E-state index in [0.717, 1.165) is 28.2 Å². The van der Waals surface area contributed by atoms with E-state index in [4.69, 9.17) is 6.42 Å². The molecule has 0 N–H and O–H groups in total. The van der Waals surface area contributed by atoms with Crippen LogP contribution in [0.5, 0.6) is 0 Å². The van der Waals surface area contributed by atoms with Crippen molar-refractivity contribution in [3.05, 3.63) is 53.0 Å². The van der Waals surface area contributed by atoms with Gasteiger partial charge in [0.1, 0.15) is 11.5 Å². The molecule has 0 aromatic heterocycles. The lowest BCUT2D eigenvalue weighted by Gasteiger charge is -2.31. The third kappa shape index (κ3) is 2.20. The van der Waals surface area contributed by atoms with E-state index in [0.29, 0.717) is 5.82 Å². The van der Waals surface area contributed by atoms with Crippen molar-refractivity contribution in [2.24, 2.45) is 4.99 Å². The fraction of sp³-hybridized carbons (Fsp3) is 0.235. The molecule has 0 amide bonds. The number of hydrogen-bond acceptors (Lipinski definition) is 2. The third-order valence-corrected chi connectivity index (χ3v) is 3.41. The van der Waals surface area contributed by atoms with Crippen LogP contribution in [0.15, 0.2) is 46.9 Å². The Hall–Kier alpha value is -2.27. The molecule has 1 aromatic carbocycles. The minimum absolute atomic E-state index is 0.669. The lowest BCUT2D eigenvalue weighted by atomic mass is 10.0. The summed E-state index contributed by atoms with van der Waals surface area (Å²) in [5.41, 5.74) is 6.21. The summed E-state index contributed by atoms with van der Waals surface area (Å²) >= 11 is 0. The van der Waals surface area contributed by atoms with Crippen LogP contribution in [-0.4, -0.2) is 5.71 Å². The van der Waals surface area contributed by atoms with Crippen molar-refractivity contribution in [3.63, 3.8) is 0 Å². The van der Waals surface area contributed by atoms with Crippen molar-refractivity contribution < 1.29 is 0 Å². The smallest absolute Gasteiger partial charge is 0.131 e. The zero-order chi connectivity index (χ0) is 14.2. The van der Waals surface area contributed by atoms with Crippen LogP contribution >= 0.6 is 0 Å². The molecule has 1 heterocycles. The molecule has 0 saturated carbocycles. The fourth-order valence-electron chi connectivity index (χ4n) is 2.28. The van der Waals surface area contributed by atoms with Crippen LogP contribution < -0.4 is 4.90 Å². The fourth-order valence-corrected chi connectivity index (χ4v) is 2.28. The van der Waals surface area contributed by atoms with Gasteiger partial charge in [-0.1, -0.05) is 30.2 Å². The Morgan fingerprint density at radius 3 is 2.47 bits per heavy atom. The third-order valence-electron chi connectivity index (χ3n) is 3.41. The Labute approximate surface area is 115 Å². The van der Waals surface area contributed by atoms with Crippen molar-refractivity contribution in [2.75, 3.05) is 4.90 Å². The number of hydrogen-bond donors (Lipinski definition) is 0. The van der Waals surface area contributed by atoms with Crippen molar-refractivity contribution in [1.82, 2.24) is 0 Å². The van der Waals surface area contributed by atoms with E-state index in [1.54, 1.807) is 0 Å². The lowest BCUT2D eigenvalue weighted by Crippen LogP contribution is -2.27. The number of terminal acetylenes is 1. The van der Waals surface area contributed by atoms with Gasteiger partial charge >= 0.3 is 0 Å². The Morgan fingerprint density at radius 2 is 1.89 bits per heavy atom. The largest absolute Gasteiger partial charge is 0.287 e. The molecule has 2 heteroatoms. The molecule has 0 spiro atoms. The summed E-state index contributed by atoms with van der Waals surface area (Å²) in [6.45, 7) is 12.1. The zero-order valence-electron chi connectivity index (χ0n) is 11.9. The normalized spacial score (nSPS) is 15.4. The molecule has 0 fully saturated rings. The van der Waals surface area contributed by atoms with Gasteiger partial charge in [-0.25, -0.2) is 4.99 Å². The summed E-state index contributed by atoms with van der Waals surface area (Å²) in [6, 6.07) is 6.28. The molecule has 96 valence electrons. The highest BCUT2D eigenvalue weighted by atomic mass is 15.2. The number of aliphatic imine (C=N–C) groups is 1. The van der Waals surface area contributed by atoms with Crippen molar-refractivity contribution in [2.45, 2.75) is 27.7 Å². The first-order valence-corrected chi connectivity index (χ1v) is 6.25. The van der Waals surface area contributed by atoms with Gasteiger partial charge in [-0.2, -0.15) is 0 Å². The van der Waals surface area contributed by atoms with E-state index in [-0.39, 0.29) is 0 Å². The minimum Gasteiger partial charge on any atom is -0.287 e. The van der Waals surface area contributed by atoms with E-state index in [1.807, 2.05) is 18.7 Å². The van der Waals surface area contributed by atoms with E-state index in [1.165, 1.54) is 5.56 Å². The molecule has 1 aromatic rings. The second kappa shape index (κ2) is 4.78. The first kappa shape index (κ1) is 13.2. The maximum Gasteiger partial charge on any atom is 0.131 e. The highest BCUT2D eigenvalue weighted by Crippen LogP contribution is 2.32. The second-order valence-electron chi connectivity index (χ2n) is 4.86. The van der Waals surface area contributed by atoms with Crippen LogP contribution in [0.1, 0.15) is 25.0 Å². The summed E-state index contributed by atoms with van der Waals surface area (Å²) in [4.78, 5) is 6.43. The van der Waals surface area contributed by atoms with Gasteiger partial charge in [-0.3, -0.25) is 4.90 Å². The minimum atomic E-state index is 0.669. The number of benzene rings is 1. The first-order chi connectivity index (χ1) is 8.95. The van der Waals surface area contributed by atoms with E-state index < -0.39 is 0 Å². The summed E-state index contributed by atoms with van der Waals surface area (Å²) < 4.78 is 0. The molecule has 1 aliphatic heterocycles. The predicted molar refractivity (Wildman–Crippen MR) is 82.2 cm³/mol. The molecule has 2 nitrogen and oxygen atoms in total. The summed E-state index contributed by atoms with van der Waals surface area (Å²) in [5, 5.41) is 0. The molecular formula is C17H18N2. The van der Waals surface area contributed by atoms with Crippen LogP contribution in [0, 0.1) is 26.2 Å². The molecule has 0 radical (unpaired) electrons. The van der Waals surface area contributed by atoms with E-state index in [2.05, 4.69) is 49.5 Å². The SMILES string of the molecule is C#CC1=C(C)C(C)=NC(=C)N1c1ccc(C)cc1C. The van der Waals surface area contributed by atoms with E-state index >= 15 is 0 Å². The Balaban J connectivity index is 2.62. The monoisotopic (exact) mass is 250 g/mol. The van der Waals surface area contributed by atoms with Crippen molar-refractivity contribution in [1.29, 1.82) is 0 Å². The standard InChI is InChI=1S/C17H18N2/c1-7-16-13(4)14(5)18-15(6)19(16)17-9-8-11(2)10-12(17)3/h1,8-10H,6H2,2-5H3. The van der Waals surface area contributed by atoms with Gasteiger partial charge in [0.05, 0.1) is 5.69 Å². The summed E-state index contributed by atoms with van der Waals surface area (Å²) in [5.74, 6) is 3.44. The van der Waals surface area contributed by atoms with E-state index in [9.17, 15) is 0 Å². The van der Waals surface area contributed by atoms with Crippen LogP contribution in [0.4, 0.5) is 5.69 Å². The van der Waals surface area contributed by atoms with Gasteiger partial charge in [0.25, 0.3) is 0 Å². The Morgan fingerprint density at radius 1 is 1.21 bits per heavy atom. The van der Waals surface area contributed by atoms with Crippen molar-refractivity contribution >= 4 is 11.4 Å².